The predicted octanol–water partition coefficient (Wildman–Crippen LogP) is 1.59. The van der Waals surface area contributed by atoms with Gasteiger partial charge in [0.05, 0.1) is 30.3 Å². The maximum atomic E-state index is 9.52. The monoisotopic (exact) mass is 193 g/mol. The van der Waals surface area contributed by atoms with E-state index in [1.807, 2.05) is 26.8 Å². The fourth-order valence-electron chi connectivity index (χ4n) is 1.08. The Balaban J connectivity index is 2.84. The van der Waals surface area contributed by atoms with Crippen molar-refractivity contribution in [2.75, 3.05) is 0 Å². The minimum Gasteiger partial charge on any atom is -0.387 e. The van der Waals surface area contributed by atoms with Crippen LogP contribution in [0.2, 0.25) is 0 Å². The van der Waals surface area contributed by atoms with Crippen LogP contribution < -0.4 is 0 Å². The second kappa shape index (κ2) is 3.81. The van der Waals surface area contributed by atoms with Gasteiger partial charge in [-0.1, -0.05) is 0 Å². The zero-order valence-corrected chi connectivity index (χ0v) is 8.73. The van der Waals surface area contributed by atoms with E-state index in [2.05, 4.69) is 5.10 Å². The smallest absolute Gasteiger partial charge is 0.0950 e. The fourth-order valence-corrected chi connectivity index (χ4v) is 1.08. The number of nitrogens with zero attached hydrogens (tertiary/aromatic N) is 3. The maximum absolute atomic E-state index is 9.52. The van der Waals surface area contributed by atoms with Crippen molar-refractivity contribution in [2.45, 2.75) is 38.8 Å². The van der Waals surface area contributed by atoms with Gasteiger partial charge in [0.25, 0.3) is 0 Å². The molecule has 0 aliphatic carbocycles. The van der Waals surface area contributed by atoms with Gasteiger partial charge in [0.15, 0.2) is 0 Å². The van der Waals surface area contributed by atoms with E-state index < -0.39 is 6.10 Å². The molecule has 1 atom stereocenters. The molecule has 4 nitrogen and oxygen atoms in total. The molecule has 14 heavy (non-hydrogen) atoms. The summed E-state index contributed by atoms with van der Waals surface area (Å²) in [5.41, 5.74) is 0.603. The number of aromatic nitrogens is 2. The van der Waals surface area contributed by atoms with Gasteiger partial charge in [0.2, 0.25) is 0 Å². The molecule has 0 spiro atoms. The fraction of sp³-hybridized carbons (Fsp3) is 0.600. The van der Waals surface area contributed by atoms with Crippen LogP contribution in [0, 0.1) is 11.3 Å². The molecule has 0 aliphatic heterocycles. The Morgan fingerprint density at radius 3 is 2.71 bits per heavy atom. The second-order valence-electron chi connectivity index (χ2n) is 4.27. The van der Waals surface area contributed by atoms with E-state index in [1.165, 1.54) is 0 Å². The first-order valence-corrected chi connectivity index (χ1v) is 4.55. The van der Waals surface area contributed by atoms with Crippen LogP contribution in [0.4, 0.5) is 0 Å². The third kappa shape index (κ3) is 2.33. The van der Waals surface area contributed by atoms with E-state index in [4.69, 9.17) is 5.26 Å². The van der Waals surface area contributed by atoms with Crippen molar-refractivity contribution < 1.29 is 5.11 Å². The average Bonchev–Trinajstić information content (AvgIpc) is 2.51. The summed E-state index contributed by atoms with van der Waals surface area (Å²) in [7, 11) is 0. The van der Waals surface area contributed by atoms with Crippen molar-refractivity contribution in [1.29, 1.82) is 5.26 Å². The normalized spacial score (nSPS) is 13.6. The van der Waals surface area contributed by atoms with Crippen molar-refractivity contribution in [1.82, 2.24) is 9.78 Å². The molecule has 0 bridgehead atoms. The van der Waals surface area contributed by atoms with E-state index in [9.17, 15) is 5.11 Å². The maximum Gasteiger partial charge on any atom is 0.0950 e. The third-order valence-corrected chi connectivity index (χ3v) is 1.96. The molecule has 4 heteroatoms. The first kappa shape index (κ1) is 10.7. The number of hydrogen-bond acceptors (Lipinski definition) is 3. The molecule has 0 amide bonds. The summed E-state index contributed by atoms with van der Waals surface area (Å²) in [5, 5.41) is 22.1. The Bertz CT molecular complexity index is 343. The first-order valence-electron chi connectivity index (χ1n) is 4.55. The molecule has 0 aliphatic rings. The van der Waals surface area contributed by atoms with E-state index in [0.717, 1.165) is 0 Å². The number of nitriles is 1. The van der Waals surface area contributed by atoms with Crippen LogP contribution in [-0.2, 0) is 5.54 Å². The third-order valence-electron chi connectivity index (χ3n) is 1.96. The predicted molar refractivity (Wildman–Crippen MR) is 52.4 cm³/mol. The molecule has 76 valence electrons. The lowest BCUT2D eigenvalue weighted by atomic mass is 10.1. The summed E-state index contributed by atoms with van der Waals surface area (Å²) in [6, 6.07) is 1.93. The van der Waals surface area contributed by atoms with Gasteiger partial charge >= 0.3 is 0 Å². The van der Waals surface area contributed by atoms with Crippen molar-refractivity contribution in [3.05, 3.63) is 18.0 Å². The molecule has 1 aromatic heterocycles. The molecule has 1 N–H and O–H groups in total. The standard InChI is InChI=1S/C10H15N3O/c1-10(2,3)13-7-8(6-12-13)9(14)4-5-11/h6-7,9,14H,4H2,1-3H3. The highest BCUT2D eigenvalue weighted by Crippen LogP contribution is 2.19. The van der Waals surface area contributed by atoms with Gasteiger partial charge < -0.3 is 5.11 Å². The number of aliphatic hydroxyl groups excluding tert-OH is 1. The molecule has 1 rings (SSSR count). The minimum absolute atomic E-state index is 0.0926. The molecule has 0 saturated heterocycles. The summed E-state index contributed by atoms with van der Waals surface area (Å²) in [5.74, 6) is 0. The molecule has 0 fully saturated rings. The lowest BCUT2D eigenvalue weighted by Crippen LogP contribution is -2.22. The van der Waals surface area contributed by atoms with Crippen LogP contribution in [0.25, 0.3) is 0 Å². The van der Waals surface area contributed by atoms with E-state index in [1.54, 1.807) is 17.1 Å². The zero-order chi connectivity index (χ0) is 10.8. The Labute approximate surface area is 83.8 Å². The van der Waals surface area contributed by atoms with Crippen LogP contribution in [0.3, 0.4) is 0 Å². The summed E-state index contributed by atoms with van der Waals surface area (Å²) < 4.78 is 1.78. The van der Waals surface area contributed by atoms with Crippen molar-refractivity contribution in [2.24, 2.45) is 0 Å². The Hall–Kier alpha value is -1.34. The highest BCUT2D eigenvalue weighted by atomic mass is 16.3. The van der Waals surface area contributed by atoms with Crippen molar-refractivity contribution in [3.8, 4) is 6.07 Å². The van der Waals surface area contributed by atoms with E-state index in [0.29, 0.717) is 5.56 Å². The Kier molecular flexibility index (Phi) is 2.92. The Morgan fingerprint density at radius 1 is 1.64 bits per heavy atom. The SMILES string of the molecule is CC(C)(C)n1cc(C(O)CC#N)cn1. The van der Waals surface area contributed by atoms with Gasteiger partial charge in [-0.3, -0.25) is 4.68 Å². The van der Waals surface area contributed by atoms with E-state index >= 15 is 0 Å². The number of hydrogen-bond donors (Lipinski definition) is 1. The van der Waals surface area contributed by atoms with Gasteiger partial charge in [0, 0.05) is 11.8 Å². The second-order valence-corrected chi connectivity index (χ2v) is 4.27. The highest BCUT2D eigenvalue weighted by Gasteiger charge is 2.16. The molecule has 0 saturated carbocycles. The highest BCUT2D eigenvalue weighted by molar-refractivity contribution is 5.10. The topological polar surface area (TPSA) is 61.8 Å². The van der Waals surface area contributed by atoms with Gasteiger partial charge in [-0.15, -0.1) is 0 Å². The van der Waals surface area contributed by atoms with Crippen LogP contribution in [0.15, 0.2) is 12.4 Å². The molecular formula is C10H15N3O. The quantitative estimate of drug-likeness (QED) is 0.775. The van der Waals surface area contributed by atoms with Crippen LogP contribution in [0.1, 0.15) is 38.9 Å². The van der Waals surface area contributed by atoms with Gasteiger partial charge in [-0.2, -0.15) is 10.4 Å². The number of aliphatic hydroxyl groups is 1. The summed E-state index contributed by atoms with van der Waals surface area (Å²) >= 11 is 0. The van der Waals surface area contributed by atoms with E-state index in [-0.39, 0.29) is 12.0 Å². The van der Waals surface area contributed by atoms with Crippen LogP contribution in [0.5, 0.6) is 0 Å². The van der Waals surface area contributed by atoms with Gasteiger partial charge in [-0.05, 0) is 20.8 Å². The lowest BCUT2D eigenvalue weighted by Gasteiger charge is -2.18. The van der Waals surface area contributed by atoms with Gasteiger partial charge in [0.1, 0.15) is 0 Å². The minimum atomic E-state index is -0.726. The number of rotatable bonds is 2. The molecule has 0 aromatic carbocycles. The molecule has 1 unspecified atom stereocenters. The average molecular weight is 193 g/mol. The molecule has 1 heterocycles. The first-order chi connectivity index (χ1) is 6.45. The molecular weight excluding hydrogens is 178 g/mol. The van der Waals surface area contributed by atoms with Gasteiger partial charge in [-0.25, -0.2) is 0 Å². The molecule has 1 aromatic rings. The van der Waals surface area contributed by atoms with Crippen molar-refractivity contribution in [3.63, 3.8) is 0 Å². The lowest BCUT2D eigenvalue weighted by molar-refractivity contribution is 0.183. The summed E-state index contributed by atoms with van der Waals surface area (Å²) in [6.07, 6.45) is 2.77. The zero-order valence-electron chi connectivity index (χ0n) is 8.73. The Morgan fingerprint density at radius 2 is 2.29 bits per heavy atom. The van der Waals surface area contributed by atoms with Crippen molar-refractivity contribution >= 4 is 0 Å². The van der Waals surface area contributed by atoms with Crippen LogP contribution >= 0.6 is 0 Å². The largest absolute Gasteiger partial charge is 0.387 e. The van der Waals surface area contributed by atoms with Crippen LogP contribution in [-0.4, -0.2) is 14.9 Å². The summed E-state index contributed by atoms with van der Waals surface area (Å²) in [6.45, 7) is 6.08. The summed E-state index contributed by atoms with van der Waals surface area (Å²) in [4.78, 5) is 0. The molecule has 0 radical (unpaired) electrons.